The summed E-state index contributed by atoms with van der Waals surface area (Å²) in [7, 11) is 0. The van der Waals surface area contributed by atoms with Crippen LogP contribution in [0.1, 0.15) is 56.1 Å². The molecule has 0 saturated carbocycles. The number of para-hydroxylation sites is 1. The van der Waals surface area contributed by atoms with Crippen molar-refractivity contribution in [2.24, 2.45) is 5.92 Å². The number of benzene rings is 2. The molecule has 3 aromatic rings. The Morgan fingerprint density at radius 2 is 1.75 bits per heavy atom. The van der Waals surface area contributed by atoms with Gasteiger partial charge in [-0.25, -0.2) is 0 Å². The van der Waals surface area contributed by atoms with Gasteiger partial charge in [-0.15, -0.1) is 0 Å². The highest BCUT2D eigenvalue weighted by molar-refractivity contribution is 6.03. The van der Waals surface area contributed by atoms with E-state index in [1.165, 1.54) is 5.56 Å². The van der Waals surface area contributed by atoms with Gasteiger partial charge in [-0.05, 0) is 49.8 Å². The Balaban J connectivity index is 1.41. The van der Waals surface area contributed by atoms with Gasteiger partial charge in [0.25, 0.3) is 5.91 Å². The molecular weight excluding hydrogens is 448 g/mol. The van der Waals surface area contributed by atoms with Crippen LogP contribution in [0.3, 0.4) is 0 Å². The first-order valence-electron chi connectivity index (χ1n) is 13.3. The van der Waals surface area contributed by atoms with Gasteiger partial charge in [0.15, 0.2) is 0 Å². The number of piperidine rings is 1. The van der Waals surface area contributed by atoms with Crippen LogP contribution in [0.2, 0.25) is 0 Å². The molecule has 0 spiro atoms. The zero-order valence-corrected chi connectivity index (χ0v) is 21.7. The Bertz CT molecular complexity index is 1230. The topological polar surface area (TPSA) is 57.6 Å². The maximum Gasteiger partial charge on any atom is 0.271 e. The molecule has 0 radical (unpaired) electrons. The quantitative estimate of drug-likeness (QED) is 0.528. The van der Waals surface area contributed by atoms with E-state index >= 15 is 0 Å². The fourth-order valence-electron chi connectivity index (χ4n) is 5.88. The maximum absolute atomic E-state index is 14.1. The van der Waals surface area contributed by atoms with Crippen molar-refractivity contribution >= 4 is 22.7 Å². The highest BCUT2D eigenvalue weighted by Gasteiger charge is 2.50. The number of aromatic nitrogens is 1. The Hall–Kier alpha value is -3.12. The molecule has 2 amide bonds. The highest BCUT2D eigenvalue weighted by atomic mass is 16.2. The summed E-state index contributed by atoms with van der Waals surface area (Å²) in [6.07, 6.45) is 2.66. The Morgan fingerprint density at radius 3 is 2.47 bits per heavy atom. The number of hydrogen-bond acceptors (Lipinski definition) is 3. The lowest BCUT2D eigenvalue weighted by Gasteiger charge is -2.50. The maximum atomic E-state index is 14.1. The number of amides is 2. The van der Waals surface area contributed by atoms with Crippen LogP contribution in [0, 0.1) is 5.92 Å². The van der Waals surface area contributed by atoms with Crippen molar-refractivity contribution < 1.29 is 9.59 Å². The van der Waals surface area contributed by atoms with Gasteiger partial charge in [0.1, 0.15) is 11.2 Å². The van der Waals surface area contributed by atoms with Gasteiger partial charge in [0.2, 0.25) is 5.91 Å². The zero-order chi connectivity index (χ0) is 25.3. The monoisotopic (exact) mass is 486 g/mol. The summed E-state index contributed by atoms with van der Waals surface area (Å²) in [6, 6.07) is 20.6. The van der Waals surface area contributed by atoms with Crippen LogP contribution in [-0.2, 0) is 17.9 Å². The van der Waals surface area contributed by atoms with E-state index in [9.17, 15) is 9.59 Å². The summed E-state index contributed by atoms with van der Waals surface area (Å²) < 4.78 is 2.06. The third kappa shape index (κ3) is 4.66. The van der Waals surface area contributed by atoms with E-state index in [1.807, 2.05) is 48.2 Å². The minimum Gasteiger partial charge on any atom is -0.354 e. The lowest BCUT2D eigenvalue weighted by molar-refractivity contribution is -0.135. The Morgan fingerprint density at radius 1 is 1.06 bits per heavy atom. The number of hydrogen-bond donors (Lipinski definition) is 1. The molecule has 1 saturated heterocycles. The number of nitrogens with zero attached hydrogens (tertiary/aromatic N) is 3. The lowest BCUT2D eigenvalue weighted by atomic mass is 9.89. The number of fused-ring (bicyclic) bond motifs is 3. The molecule has 2 aromatic carbocycles. The zero-order valence-electron chi connectivity index (χ0n) is 21.7. The van der Waals surface area contributed by atoms with E-state index < -0.39 is 5.54 Å². The standard InChI is InChI=1S/C30H38N4O2/c1-22(2)13-16-31-29(36)30(3)21-33-26-12-8-7-11-24(26)19-27(33)28(35)34(30)25-14-17-32(18-15-25)20-23-9-5-4-6-10-23/h4-12,19,22,25H,13-18,20-21H2,1-3H3,(H,31,36)/t30-/m0/s1. The molecule has 6 heteroatoms. The van der Waals surface area contributed by atoms with Crippen LogP contribution in [0.15, 0.2) is 60.7 Å². The van der Waals surface area contributed by atoms with Gasteiger partial charge in [-0.1, -0.05) is 62.4 Å². The summed E-state index contributed by atoms with van der Waals surface area (Å²) in [5.41, 5.74) is 2.08. The third-order valence-electron chi connectivity index (χ3n) is 7.91. The number of carbonyl (C=O) groups is 2. The van der Waals surface area contributed by atoms with E-state index in [4.69, 9.17) is 0 Å². The molecule has 1 aromatic heterocycles. The molecule has 5 rings (SSSR count). The fraction of sp³-hybridized carbons (Fsp3) is 0.467. The average molecular weight is 487 g/mol. The number of carbonyl (C=O) groups excluding carboxylic acids is 2. The second kappa shape index (κ2) is 10.1. The summed E-state index contributed by atoms with van der Waals surface area (Å²) in [5, 5.41) is 4.21. The lowest BCUT2D eigenvalue weighted by Crippen LogP contribution is -2.67. The molecule has 0 unspecified atom stereocenters. The second-order valence-electron chi connectivity index (χ2n) is 11.1. The summed E-state index contributed by atoms with van der Waals surface area (Å²) in [5.74, 6) is 0.434. The molecule has 1 N–H and O–H groups in total. The molecule has 2 aliphatic rings. The summed E-state index contributed by atoms with van der Waals surface area (Å²) in [6.45, 7) is 10.1. The van der Waals surface area contributed by atoms with Gasteiger partial charge in [-0.2, -0.15) is 0 Å². The van der Waals surface area contributed by atoms with Gasteiger partial charge in [0.05, 0.1) is 6.54 Å². The minimum absolute atomic E-state index is 0.0273. The van der Waals surface area contributed by atoms with Crippen LogP contribution in [0.4, 0.5) is 0 Å². The molecule has 0 aliphatic carbocycles. The summed E-state index contributed by atoms with van der Waals surface area (Å²) in [4.78, 5) is 32.2. The van der Waals surface area contributed by atoms with E-state index in [1.54, 1.807) is 0 Å². The van der Waals surface area contributed by atoms with Crippen molar-refractivity contribution in [2.75, 3.05) is 19.6 Å². The Kier molecular flexibility index (Phi) is 6.89. The van der Waals surface area contributed by atoms with Crippen LogP contribution in [0.25, 0.3) is 10.9 Å². The first kappa shape index (κ1) is 24.6. The van der Waals surface area contributed by atoms with Crippen molar-refractivity contribution in [2.45, 2.75) is 64.7 Å². The first-order valence-corrected chi connectivity index (χ1v) is 13.3. The molecule has 190 valence electrons. The molecular formula is C30H38N4O2. The predicted octanol–water partition coefficient (Wildman–Crippen LogP) is 4.68. The fourth-order valence-corrected chi connectivity index (χ4v) is 5.88. The van der Waals surface area contributed by atoms with Crippen LogP contribution in [-0.4, -0.2) is 57.4 Å². The van der Waals surface area contributed by atoms with Crippen LogP contribution >= 0.6 is 0 Å². The molecule has 36 heavy (non-hydrogen) atoms. The largest absolute Gasteiger partial charge is 0.354 e. The molecule has 1 fully saturated rings. The number of rotatable bonds is 7. The smallest absolute Gasteiger partial charge is 0.271 e. The molecule has 3 heterocycles. The molecule has 0 bridgehead atoms. The highest BCUT2D eigenvalue weighted by Crippen LogP contribution is 2.36. The number of nitrogens with one attached hydrogen (secondary N) is 1. The predicted molar refractivity (Wildman–Crippen MR) is 144 cm³/mol. The van der Waals surface area contributed by atoms with Crippen molar-refractivity contribution in [3.63, 3.8) is 0 Å². The minimum atomic E-state index is -0.935. The van der Waals surface area contributed by atoms with Crippen LogP contribution < -0.4 is 5.32 Å². The van der Waals surface area contributed by atoms with Crippen molar-refractivity contribution in [3.05, 3.63) is 71.9 Å². The molecule has 6 nitrogen and oxygen atoms in total. The van der Waals surface area contributed by atoms with Gasteiger partial charge >= 0.3 is 0 Å². The second-order valence-corrected chi connectivity index (χ2v) is 11.1. The van der Waals surface area contributed by atoms with Crippen molar-refractivity contribution in [3.8, 4) is 0 Å². The number of likely N-dealkylation sites (tertiary alicyclic amines) is 1. The van der Waals surface area contributed by atoms with Gasteiger partial charge < -0.3 is 14.8 Å². The normalized spacial score (nSPS) is 21.2. The van der Waals surface area contributed by atoms with Crippen LogP contribution in [0.5, 0.6) is 0 Å². The molecule has 1 atom stereocenters. The van der Waals surface area contributed by atoms with Crippen molar-refractivity contribution in [1.82, 2.24) is 19.7 Å². The summed E-state index contributed by atoms with van der Waals surface area (Å²) >= 11 is 0. The first-order chi connectivity index (χ1) is 17.4. The van der Waals surface area contributed by atoms with E-state index in [-0.39, 0.29) is 17.9 Å². The Labute approximate surface area is 214 Å². The van der Waals surface area contributed by atoms with Crippen molar-refractivity contribution in [1.29, 1.82) is 0 Å². The molecule has 2 aliphatic heterocycles. The van der Waals surface area contributed by atoms with E-state index in [0.29, 0.717) is 24.7 Å². The third-order valence-corrected chi connectivity index (χ3v) is 7.91. The van der Waals surface area contributed by atoms with Gasteiger partial charge in [-0.3, -0.25) is 14.5 Å². The average Bonchev–Trinajstić information content (AvgIpc) is 3.24. The SMILES string of the molecule is CC(C)CCNC(=O)[C@]1(C)Cn2c(cc3ccccc32)C(=O)N1C1CCN(Cc2ccccc2)CC1. The van der Waals surface area contributed by atoms with E-state index in [2.05, 4.69) is 52.9 Å². The van der Waals surface area contributed by atoms with Gasteiger partial charge in [0, 0.05) is 43.1 Å². The van der Waals surface area contributed by atoms with E-state index in [0.717, 1.165) is 49.8 Å².